The molecule has 0 fully saturated rings. The average Bonchev–Trinajstić information content (AvgIpc) is 2.87. The van der Waals surface area contributed by atoms with E-state index in [0.29, 0.717) is 12.2 Å². The monoisotopic (exact) mass is 284 g/mol. The van der Waals surface area contributed by atoms with E-state index >= 15 is 0 Å². The number of rotatable bonds is 2. The minimum Gasteiger partial charge on any atom is -0.506 e. The molecule has 1 aromatic heterocycles. The molecule has 4 nitrogen and oxygen atoms in total. The van der Waals surface area contributed by atoms with Gasteiger partial charge in [0, 0.05) is 25.5 Å². The average molecular weight is 284 g/mol. The summed E-state index contributed by atoms with van der Waals surface area (Å²) in [7, 11) is 1.96. The van der Waals surface area contributed by atoms with Gasteiger partial charge in [-0.05, 0) is 37.0 Å². The Morgan fingerprint density at radius 2 is 2.14 bits per heavy atom. The molecule has 1 aliphatic rings. The molecule has 0 radical (unpaired) electrons. The number of carbonyl (C=O) groups is 1. The molecule has 1 N–H and O–H groups in total. The summed E-state index contributed by atoms with van der Waals surface area (Å²) in [5.74, 6) is 0.171. The standard InChI is InChI=1S/C17H20N2O2/c1-3-14-13(9-11-18(14)2)17(21)19-10-5-7-12-6-4-8-15(20)16(12)19/h4,6,8-9,11,20H,3,5,7,10H2,1-2H3. The first-order chi connectivity index (χ1) is 10.1. The van der Waals surface area contributed by atoms with Gasteiger partial charge in [-0.1, -0.05) is 19.1 Å². The predicted octanol–water partition coefficient (Wildman–Crippen LogP) is 2.89. The normalized spacial score (nSPS) is 14.1. The highest BCUT2D eigenvalue weighted by atomic mass is 16.3. The van der Waals surface area contributed by atoms with Crippen LogP contribution in [0.15, 0.2) is 30.5 Å². The zero-order valence-corrected chi connectivity index (χ0v) is 12.5. The number of carbonyl (C=O) groups excluding carboxylic acids is 1. The smallest absolute Gasteiger partial charge is 0.260 e. The Bertz CT molecular complexity index is 688. The highest BCUT2D eigenvalue weighted by Crippen LogP contribution is 2.36. The summed E-state index contributed by atoms with van der Waals surface area (Å²) in [5.41, 5.74) is 3.49. The second kappa shape index (κ2) is 5.28. The van der Waals surface area contributed by atoms with Crippen molar-refractivity contribution in [3.8, 4) is 5.75 Å². The van der Waals surface area contributed by atoms with Crippen LogP contribution in [0.1, 0.15) is 35.0 Å². The molecular weight excluding hydrogens is 264 g/mol. The number of phenols is 1. The van der Waals surface area contributed by atoms with Crippen molar-refractivity contribution in [1.29, 1.82) is 0 Å². The van der Waals surface area contributed by atoms with Crippen molar-refractivity contribution in [2.24, 2.45) is 7.05 Å². The lowest BCUT2D eigenvalue weighted by atomic mass is 10.00. The van der Waals surface area contributed by atoms with Gasteiger partial charge in [0.1, 0.15) is 5.75 Å². The van der Waals surface area contributed by atoms with Gasteiger partial charge in [0.2, 0.25) is 0 Å². The number of hydrogen-bond acceptors (Lipinski definition) is 2. The highest BCUT2D eigenvalue weighted by molar-refractivity contribution is 6.08. The van der Waals surface area contributed by atoms with Crippen LogP contribution in [0.25, 0.3) is 0 Å². The number of aromatic hydroxyl groups is 1. The van der Waals surface area contributed by atoms with E-state index in [-0.39, 0.29) is 11.7 Å². The second-order valence-corrected chi connectivity index (χ2v) is 5.49. The summed E-state index contributed by atoms with van der Waals surface area (Å²) in [5, 5.41) is 10.2. The van der Waals surface area contributed by atoms with E-state index in [0.717, 1.165) is 36.1 Å². The number of anilines is 1. The van der Waals surface area contributed by atoms with Crippen molar-refractivity contribution in [2.45, 2.75) is 26.2 Å². The van der Waals surface area contributed by atoms with E-state index in [9.17, 15) is 9.90 Å². The molecule has 2 aromatic rings. The number of aromatic nitrogens is 1. The molecule has 110 valence electrons. The van der Waals surface area contributed by atoms with E-state index in [1.807, 2.05) is 42.9 Å². The molecule has 0 saturated heterocycles. The quantitative estimate of drug-likeness (QED) is 0.921. The molecule has 0 spiro atoms. The summed E-state index contributed by atoms with van der Waals surface area (Å²) >= 11 is 0. The van der Waals surface area contributed by atoms with Gasteiger partial charge in [-0.25, -0.2) is 0 Å². The fourth-order valence-electron chi connectivity index (χ4n) is 3.18. The van der Waals surface area contributed by atoms with E-state index in [2.05, 4.69) is 0 Å². The Kier molecular flexibility index (Phi) is 3.45. The fourth-order valence-corrected chi connectivity index (χ4v) is 3.18. The van der Waals surface area contributed by atoms with Crippen molar-refractivity contribution in [3.63, 3.8) is 0 Å². The number of benzene rings is 1. The van der Waals surface area contributed by atoms with Gasteiger partial charge in [0.15, 0.2) is 0 Å². The first kappa shape index (κ1) is 13.7. The van der Waals surface area contributed by atoms with Crippen LogP contribution in [0, 0.1) is 0 Å². The predicted molar refractivity (Wildman–Crippen MR) is 82.9 cm³/mol. The number of hydrogen-bond donors (Lipinski definition) is 1. The molecule has 4 heteroatoms. The molecule has 2 heterocycles. The van der Waals surface area contributed by atoms with Crippen molar-refractivity contribution < 1.29 is 9.90 Å². The molecule has 0 bridgehead atoms. The molecule has 1 aromatic carbocycles. The van der Waals surface area contributed by atoms with Crippen molar-refractivity contribution in [3.05, 3.63) is 47.3 Å². The number of nitrogens with zero attached hydrogens (tertiary/aromatic N) is 2. The zero-order valence-electron chi connectivity index (χ0n) is 12.5. The summed E-state index contributed by atoms with van der Waals surface area (Å²) in [6.45, 7) is 2.70. The highest BCUT2D eigenvalue weighted by Gasteiger charge is 2.27. The van der Waals surface area contributed by atoms with Crippen LogP contribution in [-0.4, -0.2) is 22.1 Å². The third kappa shape index (κ3) is 2.20. The van der Waals surface area contributed by atoms with E-state index in [1.165, 1.54) is 0 Å². The summed E-state index contributed by atoms with van der Waals surface area (Å²) in [4.78, 5) is 14.6. The SMILES string of the molecule is CCc1c(C(=O)N2CCCc3cccc(O)c32)ccn1C. The minimum atomic E-state index is -0.0186. The summed E-state index contributed by atoms with van der Waals surface area (Å²) in [6, 6.07) is 7.34. The number of aryl methyl sites for hydroxylation is 2. The van der Waals surface area contributed by atoms with Gasteiger partial charge >= 0.3 is 0 Å². The van der Waals surface area contributed by atoms with Gasteiger partial charge in [-0.15, -0.1) is 0 Å². The Morgan fingerprint density at radius 3 is 2.90 bits per heavy atom. The summed E-state index contributed by atoms with van der Waals surface area (Å²) in [6.07, 6.45) is 4.56. The molecule has 0 aliphatic carbocycles. The van der Waals surface area contributed by atoms with Gasteiger partial charge in [-0.2, -0.15) is 0 Å². The maximum Gasteiger partial charge on any atom is 0.260 e. The number of amides is 1. The van der Waals surface area contributed by atoms with Gasteiger partial charge < -0.3 is 14.6 Å². The largest absolute Gasteiger partial charge is 0.506 e. The Morgan fingerprint density at radius 1 is 1.33 bits per heavy atom. The molecule has 1 amide bonds. The first-order valence-corrected chi connectivity index (χ1v) is 7.40. The van der Waals surface area contributed by atoms with Gasteiger partial charge in [0.25, 0.3) is 5.91 Å². The molecule has 0 saturated carbocycles. The van der Waals surface area contributed by atoms with E-state index in [4.69, 9.17) is 0 Å². The second-order valence-electron chi connectivity index (χ2n) is 5.49. The first-order valence-electron chi connectivity index (χ1n) is 7.40. The lowest BCUT2D eigenvalue weighted by Crippen LogP contribution is -2.36. The van der Waals surface area contributed by atoms with Crippen LogP contribution in [-0.2, 0) is 19.9 Å². The molecular formula is C17H20N2O2. The van der Waals surface area contributed by atoms with Crippen LogP contribution in [0.3, 0.4) is 0 Å². The molecule has 1 aliphatic heterocycles. The topological polar surface area (TPSA) is 45.5 Å². The summed E-state index contributed by atoms with van der Waals surface area (Å²) < 4.78 is 1.99. The maximum absolute atomic E-state index is 12.9. The Labute approximate surface area is 124 Å². The van der Waals surface area contributed by atoms with Crippen molar-refractivity contribution >= 4 is 11.6 Å². The van der Waals surface area contributed by atoms with Crippen LogP contribution in [0.4, 0.5) is 5.69 Å². The minimum absolute atomic E-state index is 0.0186. The van der Waals surface area contributed by atoms with Crippen LogP contribution < -0.4 is 4.90 Å². The molecule has 3 rings (SSSR count). The third-order valence-corrected chi connectivity index (χ3v) is 4.21. The van der Waals surface area contributed by atoms with Crippen LogP contribution in [0.2, 0.25) is 0 Å². The fraction of sp³-hybridized carbons (Fsp3) is 0.353. The number of fused-ring (bicyclic) bond motifs is 1. The van der Waals surface area contributed by atoms with Crippen LogP contribution >= 0.6 is 0 Å². The molecule has 0 atom stereocenters. The Balaban J connectivity index is 2.04. The number of phenolic OH excluding ortho intramolecular Hbond substituents is 1. The van der Waals surface area contributed by atoms with Crippen LogP contribution in [0.5, 0.6) is 5.75 Å². The van der Waals surface area contributed by atoms with Crippen molar-refractivity contribution in [1.82, 2.24) is 4.57 Å². The lowest BCUT2D eigenvalue weighted by Gasteiger charge is -2.30. The van der Waals surface area contributed by atoms with Gasteiger partial charge in [0.05, 0.1) is 11.3 Å². The van der Waals surface area contributed by atoms with E-state index < -0.39 is 0 Å². The zero-order chi connectivity index (χ0) is 15.0. The lowest BCUT2D eigenvalue weighted by molar-refractivity contribution is 0.0983. The maximum atomic E-state index is 12.9. The van der Waals surface area contributed by atoms with Crippen molar-refractivity contribution in [2.75, 3.05) is 11.4 Å². The van der Waals surface area contributed by atoms with Gasteiger partial charge in [-0.3, -0.25) is 4.79 Å². The molecule has 0 unspecified atom stereocenters. The Hall–Kier alpha value is -2.23. The van der Waals surface area contributed by atoms with E-state index in [1.54, 1.807) is 11.0 Å². The third-order valence-electron chi connectivity index (χ3n) is 4.21. The number of para-hydroxylation sites is 1. The molecule has 21 heavy (non-hydrogen) atoms.